The highest BCUT2D eigenvalue weighted by Gasteiger charge is 2.06. The molecule has 0 spiro atoms. The fourth-order valence-electron chi connectivity index (χ4n) is 1.38. The van der Waals surface area contributed by atoms with E-state index in [1.165, 1.54) is 11.8 Å². The molecule has 0 aliphatic rings. The van der Waals surface area contributed by atoms with E-state index < -0.39 is 0 Å². The van der Waals surface area contributed by atoms with Gasteiger partial charge in [-0.1, -0.05) is 30.0 Å². The summed E-state index contributed by atoms with van der Waals surface area (Å²) < 4.78 is 0. The highest BCUT2D eigenvalue weighted by Crippen LogP contribution is 2.21. The van der Waals surface area contributed by atoms with Gasteiger partial charge in [0.15, 0.2) is 0 Å². The molecule has 0 aliphatic heterocycles. The van der Waals surface area contributed by atoms with Crippen LogP contribution in [0.5, 0.6) is 0 Å². The topological polar surface area (TPSA) is 68.0 Å². The molecule has 5 heteroatoms. The second kappa shape index (κ2) is 6.07. The molecule has 1 heterocycles. The zero-order chi connectivity index (χ0) is 12.8. The van der Waals surface area contributed by atoms with Gasteiger partial charge in [-0.25, -0.2) is 4.98 Å². The highest BCUT2D eigenvalue weighted by atomic mass is 32.2. The van der Waals surface area contributed by atoms with Crippen molar-refractivity contribution in [3.05, 3.63) is 48.7 Å². The molecule has 1 amide bonds. The third-order valence-electron chi connectivity index (χ3n) is 2.20. The first-order chi connectivity index (χ1) is 8.75. The Morgan fingerprint density at radius 1 is 1.22 bits per heavy atom. The number of rotatable bonds is 4. The maximum atomic E-state index is 11.7. The number of hydrogen-bond acceptors (Lipinski definition) is 4. The quantitative estimate of drug-likeness (QED) is 0.827. The van der Waals surface area contributed by atoms with Gasteiger partial charge in [-0.15, -0.1) is 0 Å². The van der Waals surface area contributed by atoms with Crippen molar-refractivity contribution in [2.45, 2.75) is 5.03 Å². The summed E-state index contributed by atoms with van der Waals surface area (Å²) in [7, 11) is 0. The van der Waals surface area contributed by atoms with E-state index in [4.69, 9.17) is 5.73 Å². The molecule has 0 atom stereocenters. The lowest BCUT2D eigenvalue weighted by Gasteiger charge is -2.05. The van der Waals surface area contributed by atoms with Crippen LogP contribution in [0.3, 0.4) is 0 Å². The molecular formula is C13H13N3OS. The smallest absolute Gasteiger partial charge is 0.234 e. The van der Waals surface area contributed by atoms with E-state index in [-0.39, 0.29) is 11.7 Å². The van der Waals surface area contributed by atoms with Crippen LogP contribution >= 0.6 is 11.8 Å². The number of nitrogens with two attached hydrogens (primary N) is 1. The molecular weight excluding hydrogens is 246 g/mol. The number of carbonyl (C=O) groups is 1. The summed E-state index contributed by atoms with van der Waals surface area (Å²) in [5.74, 6) is 0.215. The summed E-state index contributed by atoms with van der Waals surface area (Å²) in [5, 5.41) is 3.48. The summed E-state index contributed by atoms with van der Waals surface area (Å²) in [6.07, 6.45) is 1.66. The van der Waals surface area contributed by atoms with E-state index in [1.807, 2.05) is 30.3 Å². The van der Waals surface area contributed by atoms with Crippen LogP contribution in [0, 0.1) is 0 Å². The zero-order valence-corrected chi connectivity index (χ0v) is 10.5. The Hall–Kier alpha value is -2.01. The maximum absolute atomic E-state index is 11.7. The van der Waals surface area contributed by atoms with Gasteiger partial charge in [0.25, 0.3) is 0 Å². The van der Waals surface area contributed by atoms with Crippen LogP contribution < -0.4 is 11.1 Å². The van der Waals surface area contributed by atoms with Gasteiger partial charge >= 0.3 is 0 Å². The second-order valence-electron chi connectivity index (χ2n) is 3.60. The minimum atomic E-state index is -0.0729. The first-order valence-corrected chi connectivity index (χ1v) is 6.42. The first kappa shape index (κ1) is 12.4. The lowest BCUT2D eigenvalue weighted by Crippen LogP contribution is -2.14. The molecule has 0 fully saturated rings. The zero-order valence-electron chi connectivity index (χ0n) is 9.67. The molecule has 3 N–H and O–H groups in total. The SMILES string of the molecule is Nc1cccnc1SCC(=O)Nc1ccccc1. The van der Waals surface area contributed by atoms with Crippen molar-refractivity contribution in [3.8, 4) is 0 Å². The van der Waals surface area contributed by atoms with Crippen molar-refractivity contribution in [1.82, 2.24) is 4.98 Å². The average molecular weight is 259 g/mol. The van der Waals surface area contributed by atoms with Crippen LogP contribution in [0.1, 0.15) is 0 Å². The molecule has 0 aliphatic carbocycles. The largest absolute Gasteiger partial charge is 0.397 e. The van der Waals surface area contributed by atoms with Crippen molar-refractivity contribution < 1.29 is 4.79 Å². The molecule has 4 nitrogen and oxygen atoms in total. The molecule has 0 saturated heterocycles. The predicted molar refractivity (Wildman–Crippen MR) is 74.4 cm³/mol. The Balaban J connectivity index is 1.88. The molecule has 2 aromatic rings. The lowest BCUT2D eigenvalue weighted by atomic mass is 10.3. The lowest BCUT2D eigenvalue weighted by molar-refractivity contribution is -0.113. The first-order valence-electron chi connectivity index (χ1n) is 5.44. The molecule has 18 heavy (non-hydrogen) atoms. The van der Waals surface area contributed by atoms with E-state index in [1.54, 1.807) is 18.3 Å². The number of aromatic nitrogens is 1. The van der Waals surface area contributed by atoms with Crippen LogP contribution in [-0.2, 0) is 4.79 Å². The van der Waals surface area contributed by atoms with Crippen LogP contribution in [-0.4, -0.2) is 16.6 Å². The number of para-hydroxylation sites is 1. The number of hydrogen-bond donors (Lipinski definition) is 2. The number of anilines is 2. The number of carbonyl (C=O) groups excluding carboxylic acids is 1. The summed E-state index contributed by atoms with van der Waals surface area (Å²) in [5.41, 5.74) is 7.13. The predicted octanol–water partition coefficient (Wildman–Crippen LogP) is 2.39. The number of nitrogen functional groups attached to an aromatic ring is 1. The van der Waals surface area contributed by atoms with E-state index in [2.05, 4.69) is 10.3 Å². The van der Waals surface area contributed by atoms with E-state index in [0.717, 1.165) is 5.69 Å². The summed E-state index contributed by atoms with van der Waals surface area (Å²) in [6.45, 7) is 0. The van der Waals surface area contributed by atoms with E-state index >= 15 is 0 Å². The molecule has 0 saturated carbocycles. The van der Waals surface area contributed by atoms with Gasteiger partial charge in [-0.05, 0) is 24.3 Å². The normalized spacial score (nSPS) is 10.0. The monoisotopic (exact) mass is 259 g/mol. The number of amides is 1. The van der Waals surface area contributed by atoms with Gasteiger partial charge < -0.3 is 11.1 Å². The summed E-state index contributed by atoms with van der Waals surface area (Å²) in [4.78, 5) is 15.8. The number of nitrogens with zero attached hydrogens (tertiary/aromatic N) is 1. The third kappa shape index (κ3) is 3.49. The fourth-order valence-corrected chi connectivity index (χ4v) is 2.09. The van der Waals surface area contributed by atoms with Crippen molar-refractivity contribution in [1.29, 1.82) is 0 Å². The van der Waals surface area contributed by atoms with Crippen LogP contribution in [0.25, 0.3) is 0 Å². The minimum absolute atomic E-state index is 0.0729. The second-order valence-corrected chi connectivity index (χ2v) is 4.56. The van der Waals surface area contributed by atoms with Crippen LogP contribution in [0.15, 0.2) is 53.7 Å². The molecule has 0 unspecified atom stereocenters. The average Bonchev–Trinajstić information content (AvgIpc) is 2.39. The molecule has 92 valence electrons. The van der Waals surface area contributed by atoms with Crippen molar-refractivity contribution in [2.75, 3.05) is 16.8 Å². The van der Waals surface area contributed by atoms with Crippen molar-refractivity contribution in [3.63, 3.8) is 0 Å². The molecule has 1 aromatic heterocycles. The molecule has 2 rings (SSSR count). The third-order valence-corrected chi connectivity index (χ3v) is 3.22. The number of nitrogens with one attached hydrogen (secondary N) is 1. The van der Waals surface area contributed by atoms with Gasteiger partial charge in [-0.2, -0.15) is 0 Å². The van der Waals surface area contributed by atoms with Crippen molar-refractivity contribution in [2.24, 2.45) is 0 Å². The molecule has 0 bridgehead atoms. The summed E-state index contributed by atoms with van der Waals surface area (Å²) >= 11 is 1.33. The standard InChI is InChI=1S/C13H13N3OS/c14-11-7-4-8-15-13(11)18-9-12(17)16-10-5-2-1-3-6-10/h1-8H,9,14H2,(H,16,17). The Morgan fingerprint density at radius 3 is 2.72 bits per heavy atom. The van der Waals surface area contributed by atoms with Gasteiger partial charge in [0, 0.05) is 11.9 Å². The Kier molecular flexibility index (Phi) is 4.20. The summed E-state index contributed by atoms with van der Waals surface area (Å²) in [6, 6.07) is 12.9. The number of pyridine rings is 1. The Labute approximate surface area is 110 Å². The Morgan fingerprint density at radius 2 is 2.00 bits per heavy atom. The minimum Gasteiger partial charge on any atom is -0.397 e. The molecule has 0 radical (unpaired) electrons. The molecule has 1 aromatic carbocycles. The Bertz CT molecular complexity index is 531. The number of thioether (sulfide) groups is 1. The number of benzene rings is 1. The van der Waals surface area contributed by atoms with E-state index in [9.17, 15) is 4.79 Å². The van der Waals surface area contributed by atoms with Crippen molar-refractivity contribution >= 4 is 29.0 Å². The van der Waals surface area contributed by atoms with Crippen LogP contribution in [0.2, 0.25) is 0 Å². The van der Waals surface area contributed by atoms with Gasteiger partial charge in [0.2, 0.25) is 5.91 Å². The van der Waals surface area contributed by atoms with Gasteiger partial charge in [0.1, 0.15) is 5.03 Å². The maximum Gasteiger partial charge on any atom is 0.234 e. The highest BCUT2D eigenvalue weighted by molar-refractivity contribution is 8.00. The fraction of sp³-hybridized carbons (Fsp3) is 0.0769. The van der Waals surface area contributed by atoms with Gasteiger partial charge in [-0.3, -0.25) is 4.79 Å². The van der Waals surface area contributed by atoms with Gasteiger partial charge in [0.05, 0.1) is 11.4 Å². The van der Waals surface area contributed by atoms with E-state index in [0.29, 0.717) is 10.7 Å². The van der Waals surface area contributed by atoms with Crippen LogP contribution in [0.4, 0.5) is 11.4 Å².